The molecule has 124 valence electrons. The zero-order valence-corrected chi connectivity index (χ0v) is 13.8. The normalized spacial score (nSPS) is 11.7. The number of amides is 1. The number of halogens is 1. The Labute approximate surface area is 135 Å². The molecule has 0 saturated heterocycles. The molecule has 0 saturated carbocycles. The Morgan fingerprint density at radius 1 is 1.30 bits per heavy atom. The van der Waals surface area contributed by atoms with Gasteiger partial charge in [0.25, 0.3) is 5.91 Å². The Bertz CT molecular complexity index is 703. The van der Waals surface area contributed by atoms with Crippen LogP contribution in [0.3, 0.4) is 0 Å². The maximum absolute atomic E-state index is 13.3. The zero-order valence-electron chi connectivity index (χ0n) is 13.8. The summed E-state index contributed by atoms with van der Waals surface area (Å²) in [5.74, 6) is -0.568. The van der Waals surface area contributed by atoms with Gasteiger partial charge >= 0.3 is 0 Å². The first-order valence-electron chi connectivity index (χ1n) is 7.90. The summed E-state index contributed by atoms with van der Waals surface area (Å²) >= 11 is 0. The highest BCUT2D eigenvalue weighted by molar-refractivity contribution is 5.98. The lowest BCUT2D eigenvalue weighted by Crippen LogP contribution is -2.39. The van der Waals surface area contributed by atoms with Crippen molar-refractivity contribution in [3.63, 3.8) is 0 Å². The number of hydrogen-bond donors (Lipinski definition) is 2. The molecule has 0 aliphatic rings. The number of carbonyl (C=O) groups excluding carboxylic acids is 1. The van der Waals surface area contributed by atoms with Crippen molar-refractivity contribution < 1.29 is 14.3 Å². The molecule has 0 aliphatic heterocycles. The number of nitrogens with one attached hydrogen (secondary N) is 1. The SMILES string of the molecule is CCC(CC)(CO)CNC(=O)c1cc2ccc(F)cc2nc1C. The third-order valence-corrected chi connectivity index (χ3v) is 4.67. The van der Waals surface area contributed by atoms with Gasteiger partial charge in [0.2, 0.25) is 0 Å². The van der Waals surface area contributed by atoms with Crippen LogP contribution >= 0.6 is 0 Å². The summed E-state index contributed by atoms with van der Waals surface area (Å²) in [6.07, 6.45) is 1.57. The summed E-state index contributed by atoms with van der Waals surface area (Å²) in [7, 11) is 0. The molecular weight excluding hydrogens is 295 g/mol. The number of rotatable bonds is 6. The maximum Gasteiger partial charge on any atom is 0.253 e. The lowest BCUT2D eigenvalue weighted by Gasteiger charge is -2.29. The first-order chi connectivity index (χ1) is 10.9. The molecule has 5 heteroatoms. The van der Waals surface area contributed by atoms with Gasteiger partial charge in [0.1, 0.15) is 5.82 Å². The topological polar surface area (TPSA) is 62.2 Å². The first kappa shape index (κ1) is 17.3. The molecule has 0 bridgehead atoms. The van der Waals surface area contributed by atoms with Crippen LogP contribution in [0.2, 0.25) is 0 Å². The Kier molecular flexibility index (Phi) is 5.31. The van der Waals surface area contributed by atoms with Gasteiger partial charge in [-0.3, -0.25) is 9.78 Å². The predicted octanol–water partition coefficient (Wildman–Crippen LogP) is 3.21. The summed E-state index contributed by atoms with van der Waals surface area (Å²) in [5.41, 5.74) is 1.27. The Morgan fingerprint density at radius 2 is 2.00 bits per heavy atom. The van der Waals surface area contributed by atoms with E-state index in [0.717, 1.165) is 18.2 Å². The molecule has 2 rings (SSSR count). The van der Waals surface area contributed by atoms with E-state index in [2.05, 4.69) is 10.3 Å². The van der Waals surface area contributed by atoms with Crippen LogP contribution in [0.1, 0.15) is 42.7 Å². The zero-order chi connectivity index (χ0) is 17.0. The van der Waals surface area contributed by atoms with E-state index in [-0.39, 0.29) is 23.7 Å². The van der Waals surface area contributed by atoms with Gasteiger partial charge < -0.3 is 10.4 Å². The Hall–Kier alpha value is -2.01. The van der Waals surface area contributed by atoms with Crippen molar-refractivity contribution in [2.45, 2.75) is 33.6 Å². The minimum absolute atomic E-state index is 0.0362. The smallest absolute Gasteiger partial charge is 0.253 e. The molecule has 4 nitrogen and oxygen atoms in total. The molecule has 1 aromatic carbocycles. The van der Waals surface area contributed by atoms with E-state index in [1.807, 2.05) is 13.8 Å². The molecule has 1 aromatic heterocycles. The highest BCUT2D eigenvalue weighted by Gasteiger charge is 2.26. The van der Waals surface area contributed by atoms with Gasteiger partial charge in [0.05, 0.1) is 23.4 Å². The van der Waals surface area contributed by atoms with E-state index < -0.39 is 0 Å². The van der Waals surface area contributed by atoms with Crippen molar-refractivity contribution in [1.82, 2.24) is 10.3 Å². The fraction of sp³-hybridized carbons (Fsp3) is 0.444. The van der Waals surface area contributed by atoms with Crippen LogP contribution in [0.4, 0.5) is 4.39 Å². The Balaban J connectivity index is 2.24. The average Bonchev–Trinajstić information content (AvgIpc) is 2.55. The van der Waals surface area contributed by atoms with Crippen molar-refractivity contribution in [3.05, 3.63) is 41.3 Å². The number of aliphatic hydroxyl groups excluding tert-OH is 1. The van der Waals surface area contributed by atoms with Gasteiger partial charge in [-0.2, -0.15) is 0 Å². The van der Waals surface area contributed by atoms with Gasteiger partial charge in [-0.1, -0.05) is 13.8 Å². The minimum atomic E-state index is -0.347. The van der Waals surface area contributed by atoms with Crippen LogP contribution in [0.15, 0.2) is 24.3 Å². The molecule has 0 fully saturated rings. The lowest BCUT2D eigenvalue weighted by molar-refractivity contribution is 0.0850. The second-order valence-corrected chi connectivity index (χ2v) is 6.01. The van der Waals surface area contributed by atoms with Gasteiger partial charge in [0, 0.05) is 23.4 Å². The van der Waals surface area contributed by atoms with Crippen molar-refractivity contribution >= 4 is 16.8 Å². The van der Waals surface area contributed by atoms with E-state index in [4.69, 9.17) is 0 Å². The van der Waals surface area contributed by atoms with Gasteiger partial charge in [0.15, 0.2) is 0 Å². The number of carbonyl (C=O) groups is 1. The number of hydrogen-bond acceptors (Lipinski definition) is 3. The van der Waals surface area contributed by atoms with Crippen molar-refractivity contribution in [3.8, 4) is 0 Å². The molecule has 23 heavy (non-hydrogen) atoms. The molecule has 0 unspecified atom stereocenters. The van der Waals surface area contributed by atoms with Crippen molar-refractivity contribution in [2.24, 2.45) is 5.41 Å². The van der Waals surface area contributed by atoms with Crippen LogP contribution in [0, 0.1) is 18.2 Å². The quantitative estimate of drug-likeness (QED) is 0.859. The summed E-state index contributed by atoms with van der Waals surface area (Å²) in [5, 5.41) is 13.2. The molecule has 0 radical (unpaired) electrons. The second kappa shape index (κ2) is 7.04. The van der Waals surface area contributed by atoms with Gasteiger partial charge in [-0.15, -0.1) is 0 Å². The highest BCUT2D eigenvalue weighted by Crippen LogP contribution is 2.25. The van der Waals surface area contributed by atoms with Crippen LogP contribution in [0.5, 0.6) is 0 Å². The van der Waals surface area contributed by atoms with E-state index in [1.165, 1.54) is 12.1 Å². The van der Waals surface area contributed by atoms with E-state index in [0.29, 0.717) is 23.3 Å². The highest BCUT2D eigenvalue weighted by atomic mass is 19.1. The standard InChI is InChI=1S/C18H23FN2O2/c1-4-18(5-2,11-22)10-20-17(23)15-8-13-6-7-14(19)9-16(13)21-12(15)3/h6-9,22H,4-5,10-11H2,1-3H3,(H,20,23). The molecule has 0 spiro atoms. The Morgan fingerprint density at radius 3 is 2.61 bits per heavy atom. The fourth-order valence-corrected chi connectivity index (χ4v) is 2.61. The third-order valence-electron chi connectivity index (χ3n) is 4.67. The molecular formula is C18H23FN2O2. The van der Waals surface area contributed by atoms with Crippen molar-refractivity contribution in [2.75, 3.05) is 13.2 Å². The average molecular weight is 318 g/mol. The number of aromatic nitrogens is 1. The maximum atomic E-state index is 13.3. The minimum Gasteiger partial charge on any atom is -0.396 e. The monoisotopic (exact) mass is 318 g/mol. The van der Waals surface area contributed by atoms with Gasteiger partial charge in [-0.25, -0.2) is 4.39 Å². The van der Waals surface area contributed by atoms with Crippen LogP contribution < -0.4 is 5.32 Å². The number of aryl methyl sites for hydroxylation is 1. The first-order valence-corrected chi connectivity index (χ1v) is 7.90. The third kappa shape index (κ3) is 3.67. The van der Waals surface area contributed by atoms with E-state index in [9.17, 15) is 14.3 Å². The predicted molar refractivity (Wildman–Crippen MR) is 88.9 cm³/mol. The number of benzene rings is 1. The van der Waals surface area contributed by atoms with Crippen LogP contribution in [-0.2, 0) is 0 Å². The van der Waals surface area contributed by atoms with Crippen molar-refractivity contribution in [1.29, 1.82) is 0 Å². The number of fused-ring (bicyclic) bond motifs is 1. The van der Waals surface area contributed by atoms with E-state index >= 15 is 0 Å². The molecule has 0 aliphatic carbocycles. The molecule has 1 heterocycles. The van der Waals surface area contributed by atoms with Gasteiger partial charge in [-0.05, 0) is 38.0 Å². The molecule has 2 aromatic rings. The van der Waals surface area contributed by atoms with Crippen LogP contribution in [0.25, 0.3) is 10.9 Å². The second-order valence-electron chi connectivity index (χ2n) is 6.01. The fourth-order valence-electron chi connectivity index (χ4n) is 2.61. The number of nitrogens with zero attached hydrogens (tertiary/aromatic N) is 1. The summed E-state index contributed by atoms with van der Waals surface area (Å²) in [6, 6.07) is 6.05. The molecule has 1 amide bonds. The lowest BCUT2D eigenvalue weighted by atomic mass is 9.83. The summed E-state index contributed by atoms with van der Waals surface area (Å²) < 4.78 is 13.3. The molecule has 0 atom stereocenters. The number of pyridine rings is 1. The largest absolute Gasteiger partial charge is 0.396 e. The number of aliphatic hydroxyl groups is 1. The summed E-state index contributed by atoms with van der Waals surface area (Å²) in [4.78, 5) is 16.8. The summed E-state index contributed by atoms with van der Waals surface area (Å²) in [6.45, 7) is 6.19. The van der Waals surface area contributed by atoms with E-state index in [1.54, 1.807) is 19.1 Å². The molecule has 2 N–H and O–H groups in total. The van der Waals surface area contributed by atoms with Crippen LogP contribution in [-0.4, -0.2) is 29.1 Å².